The Morgan fingerprint density at radius 3 is 2.29 bits per heavy atom. The molecule has 0 saturated heterocycles. The van der Waals surface area contributed by atoms with Crippen LogP contribution in [0.1, 0.15) is 64.0 Å². The van der Waals surface area contributed by atoms with E-state index in [1.54, 1.807) is 0 Å². The third-order valence-electron chi connectivity index (χ3n) is 4.27. The minimum atomic E-state index is -3.42. The van der Waals surface area contributed by atoms with Gasteiger partial charge in [-0.05, 0) is 42.4 Å². The average Bonchev–Trinajstić information content (AvgIpc) is 2.38. The van der Waals surface area contributed by atoms with Gasteiger partial charge in [0.2, 0.25) is 10.0 Å². The maximum absolute atomic E-state index is 12.7. The number of nitrogens with one attached hydrogen (secondary N) is 1. The van der Waals surface area contributed by atoms with E-state index in [0.29, 0.717) is 4.90 Å². The maximum atomic E-state index is 12.7. The van der Waals surface area contributed by atoms with Crippen LogP contribution in [0.3, 0.4) is 0 Å². The van der Waals surface area contributed by atoms with Crippen LogP contribution < -0.4 is 4.72 Å². The van der Waals surface area contributed by atoms with E-state index >= 15 is 0 Å². The van der Waals surface area contributed by atoms with E-state index in [-0.39, 0.29) is 11.5 Å². The van der Waals surface area contributed by atoms with Gasteiger partial charge in [-0.1, -0.05) is 52.2 Å². The van der Waals surface area contributed by atoms with Crippen molar-refractivity contribution < 1.29 is 8.42 Å². The molecule has 0 bridgehead atoms. The van der Waals surface area contributed by atoms with E-state index in [1.165, 1.54) is 6.42 Å². The summed E-state index contributed by atoms with van der Waals surface area (Å²) in [7, 11) is -3.42. The maximum Gasteiger partial charge on any atom is 0.241 e. The Morgan fingerprint density at radius 1 is 1.10 bits per heavy atom. The summed E-state index contributed by atoms with van der Waals surface area (Å²) in [5.74, 6) is 0. The molecule has 0 heterocycles. The lowest BCUT2D eigenvalue weighted by Gasteiger charge is -2.24. The molecule has 1 aromatic carbocycles. The molecule has 1 N–H and O–H groups in total. The molecule has 1 aliphatic rings. The van der Waals surface area contributed by atoms with Crippen LogP contribution in [0.4, 0.5) is 0 Å². The van der Waals surface area contributed by atoms with Crippen LogP contribution in [0.25, 0.3) is 0 Å². The van der Waals surface area contributed by atoms with Crippen molar-refractivity contribution >= 4 is 10.0 Å². The minimum absolute atomic E-state index is 0.0528. The summed E-state index contributed by atoms with van der Waals surface area (Å²) in [6.07, 6.45) is 5.37. The highest BCUT2D eigenvalue weighted by Crippen LogP contribution is 2.27. The molecule has 3 nitrogen and oxygen atoms in total. The number of sulfonamides is 1. The zero-order chi connectivity index (χ0) is 15.7. The molecule has 0 radical (unpaired) electrons. The van der Waals surface area contributed by atoms with Crippen LogP contribution in [0.5, 0.6) is 0 Å². The summed E-state index contributed by atoms with van der Waals surface area (Å²) in [6, 6.07) is 5.87. The quantitative estimate of drug-likeness (QED) is 0.920. The Kier molecular flexibility index (Phi) is 4.79. The molecule has 0 atom stereocenters. The fourth-order valence-corrected chi connectivity index (χ4v) is 4.43. The molecule has 0 aromatic heterocycles. The van der Waals surface area contributed by atoms with Gasteiger partial charge in [0.1, 0.15) is 0 Å². The number of benzene rings is 1. The molecule has 0 spiro atoms. The molecule has 1 aliphatic carbocycles. The third kappa shape index (κ3) is 4.07. The molecule has 21 heavy (non-hydrogen) atoms. The lowest BCUT2D eigenvalue weighted by Crippen LogP contribution is -2.36. The van der Waals surface area contributed by atoms with Gasteiger partial charge in [0.05, 0.1) is 4.90 Å². The van der Waals surface area contributed by atoms with Gasteiger partial charge in [0.25, 0.3) is 0 Å². The van der Waals surface area contributed by atoms with Crippen LogP contribution in [0, 0.1) is 6.92 Å². The smallest absolute Gasteiger partial charge is 0.208 e. The highest BCUT2D eigenvalue weighted by molar-refractivity contribution is 7.89. The molecule has 0 aliphatic heterocycles. The monoisotopic (exact) mass is 309 g/mol. The van der Waals surface area contributed by atoms with Crippen LogP contribution in [0.15, 0.2) is 23.1 Å². The summed E-state index contributed by atoms with van der Waals surface area (Å²) in [5.41, 5.74) is 1.81. The van der Waals surface area contributed by atoms with Crippen LogP contribution in [-0.4, -0.2) is 14.5 Å². The van der Waals surface area contributed by atoms with E-state index < -0.39 is 10.0 Å². The van der Waals surface area contributed by atoms with Gasteiger partial charge in [-0.25, -0.2) is 13.1 Å². The molecule has 1 fully saturated rings. The molecule has 1 saturated carbocycles. The second-order valence-electron chi connectivity index (χ2n) is 7.19. The molecular formula is C17H27NO2S. The van der Waals surface area contributed by atoms with E-state index in [4.69, 9.17) is 0 Å². The summed E-state index contributed by atoms with van der Waals surface area (Å²) < 4.78 is 28.3. The van der Waals surface area contributed by atoms with Gasteiger partial charge in [-0.3, -0.25) is 0 Å². The molecule has 0 unspecified atom stereocenters. The zero-order valence-corrected chi connectivity index (χ0v) is 14.4. The number of rotatable bonds is 3. The van der Waals surface area contributed by atoms with Gasteiger partial charge >= 0.3 is 0 Å². The number of hydrogen-bond acceptors (Lipinski definition) is 2. The van der Waals surface area contributed by atoms with E-state index in [0.717, 1.165) is 36.8 Å². The lowest BCUT2D eigenvalue weighted by molar-refractivity contribution is 0.412. The Labute approximate surface area is 129 Å². The largest absolute Gasteiger partial charge is 0.241 e. The topological polar surface area (TPSA) is 46.2 Å². The first-order valence-electron chi connectivity index (χ1n) is 7.83. The van der Waals surface area contributed by atoms with Crippen molar-refractivity contribution in [1.29, 1.82) is 0 Å². The van der Waals surface area contributed by atoms with Crippen molar-refractivity contribution in [3.05, 3.63) is 29.3 Å². The Morgan fingerprint density at radius 2 is 1.71 bits per heavy atom. The van der Waals surface area contributed by atoms with Gasteiger partial charge in [0, 0.05) is 6.04 Å². The fraction of sp³-hybridized carbons (Fsp3) is 0.647. The van der Waals surface area contributed by atoms with Crippen molar-refractivity contribution in [3.8, 4) is 0 Å². The van der Waals surface area contributed by atoms with E-state index in [1.807, 2.05) is 25.1 Å². The summed E-state index contributed by atoms with van der Waals surface area (Å²) in [5, 5.41) is 0. The second kappa shape index (κ2) is 6.09. The van der Waals surface area contributed by atoms with Crippen LogP contribution >= 0.6 is 0 Å². The first-order valence-corrected chi connectivity index (χ1v) is 9.32. The molecule has 4 heteroatoms. The van der Waals surface area contributed by atoms with E-state index in [9.17, 15) is 8.42 Å². The molecule has 0 amide bonds. The normalized spacial score (nSPS) is 17.9. The predicted molar refractivity (Wildman–Crippen MR) is 87.1 cm³/mol. The highest BCUT2D eigenvalue weighted by atomic mass is 32.2. The van der Waals surface area contributed by atoms with Gasteiger partial charge < -0.3 is 0 Å². The number of hydrogen-bond donors (Lipinski definition) is 1. The second-order valence-corrected chi connectivity index (χ2v) is 8.87. The minimum Gasteiger partial charge on any atom is -0.208 e. The van der Waals surface area contributed by atoms with Crippen molar-refractivity contribution in [3.63, 3.8) is 0 Å². The van der Waals surface area contributed by atoms with E-state index in [2.05, 4.69) is 25.5 Å². The first kappa shape index (κ1) is 16.5. The standard InChI is InChI=1S/C17H27NO2S/c1-13-10-11-14(17(2,3)4)12-16(13)21(19,20)18-15-8-6-5-7-9-15/h10-12,15,18H,5-9H2,1-4H3. The third-order valence-corrected chi connectivity index (χ3v) is 5.93. The summed E-state index contributed by atoms with van der Waals surface area (Å²) in [4.78, 5) is 0.431. The SMILES string of the molecule is Cc1ccc(C(C)(C)C)cc1S(=O)(=O)NC1CCCCC1. The van der Waals surface area contributed by atoms with Gasteiger partial charge in [-0.2, -0.15) is 0 Å². The summed E-state index contributed by atoms with van der Waals surface area (Å²) in [6.45, 7) is 8.16. The fourth-order valence-electron chi connectivity index (χ4n) is 2.86. The molecular weight excluding hydrogens is 282 g/mol. The highest BCUT2D eigenvalue weighted by Gasteiger charge is 2.25. The van der Waals surface area contributed by atoms with Crippen molar-refractivity contribution in [2.45, 2.75) is 76.2 Å². The predicted octanol–water partition coefficient (Wildman–Crippen LogP) is 3.90. The molecule has 2 rings (SSSR count). The van der Waals surface area contributed by atoms with Crippen molar-refractivity contribution in [1.82, 2.24) is 4.72 Å². The molecule has 118 valence electrons. The van der Waals surface area contributed by atoms with Gasteiger partial charge in [0.15, 0.2) is 0 Å². The van der Waals surface area contributed by atoms with Crippen molar-refractivity contribution in [2.24, 2.45) is 0 Å². The first-order chi connectivity index (χ1) is 9.70. The molecule has 1 aromatic rings. The average molecular weight is 309 g/mol. The van der Waals surface area contributed by atoms with Gasteiger partial charge in [-0.15, -0.1) is 0 Å². The zero-order valence-electron chi connectivity index (χ0n) is 13.6. The number of aryl methyl sites for hydroxylation is 1. The Bertz CT molecular complexity index is 594. The van der Waals surface area contributed by atoms with Crippen LogP contribution in [0.2, 0.25) is 0 Å². The van der Waals surface area contributed by atoms with Crippen LogP contribution in [-0.2, 0) is 15.4 Å². The Balaban J connectivity index is 2.30. The summed E-state index contributed by atoms with van der Waals surface area (Å²) >= 11 is 0. The Hall–Kier alpha value is -0.870. The lowest BCUT2D eigenvalue weighted by atomic mass is 9.87. The van der Waals surface area contributed by atoms with Crippen molar-refractivity contribution in [2.75, 3.05) is 0 Å².